The van der Waals surface area contributed by atoms with Gasteiger partial charge in [0.15, 0.2) is 10.7 Å². The molecular weight excluding hydrogens is 384 g/mol. The van der Waals surface area contributed by atoms with Gasteiger partial charge in [0.1, 0.15) is 5.58 Å². The lowest BCUT2D eigenvalue weighted by Gasteiger charge is -2.22. The number of fused-ring (bicyclic) bond motifs is 1. The molecule has 1 fully saturated rings. The minimum atomic E-state index is -1.18. The van der Waals surface area contributed by atoms with Gasteiger partial charge in [0.05, 0.1) is 11.4 Å². The standard InChI is InChI=1S/C23H26N2O3S/c1-24(17-18-9-5-4-6-10-18)23(26)22-16-19-15-20(11-12-21(19)28-22)29(27)25-13-7-2-3-8-14-25/h4-6,9-12,15-16H,2-3,7-8,13-14,17H2,1H3. The SMILES string of the molecule is CN(Cc1ccccc1)C(=O)c1cc2cc([S+]([O-])N3CCCCCC3)ccc2o1. The first-order valence-electron chi connectivity index (χ1n) is 10.1. The maximum absolute atomic E-state index is 13.0. The average Bonchev–Trinajstić information content (AvgIpc) is 2.98. The number of benzene rings is 2. The zero-order valence-electron chi connectivity index (χ0n) is 16.7. The van der Waals surface area contributed by atoms with E-state index in [1.807, 2.05) is 52.8 Å². The molecule has 2 heterocycles. The molecule has 6 heteroatoms. The number of furan rings is 1. The summed E-state index contributed by atoms with van der Waals surface area (Å²) in [5.74, 6) is 0.136. The van der Waals surface area contributed by atoms with E-state index < -0.39 is 11.4 Å². The van der Waals surface area contributed by atoms with Crippen molar-refractivity contribution in [3.8, 4) is 0 Å². The van der Waals surface area contributed by atoms with E-state index in [0.29, 0.717) is 17.9 Å². The van der Waals surface area contributed by atoms with Gasteiger partial charge < -0.3 is 13.9 Å². The molecule has 29 heavy (non-hydrogen) atoms. The average molecular weight is 411 g/mol. The summed E-state index contributed by atoms with van der Waals surface area (Å²) in [7, 11) is 1.77. The van der Waals surface area contributed by atoms with Gasteiger partial charge in [-0.15, -0.1) is 4.31 Å². The van der Waals surface area contributed by atoms with Crippen LogP contribution in [-0.2, 0) is 17.9 Å². The molecule has 1 aliphatic heterocycles. The van der Waals surface area contributed by atoms with Crippen LogP contribution in [0, 0.1) is 0 Å². The van der Waals surface area contributed by atoms with Crippen molar-refractivity contribution in [2.75, 3.05) is 20.1 Å². The van der Waals surface area contributed by atoms with E-state index in [9.17, 15) is 9.35 Å². The Kier molecular flexibility index (Phi) is 6.23. The van der Waals surface area contributed by atoms with Crippen LogP contribution >= 0.6 is 0 Å². The van der Waals surface area contributed by atoms with Gasteiger partial charge >= 0.3 is 0 Å². The third-order valence-corrected chi connectivity index (χ3v) is 6.80. The Balaban J connectivity index is 1.51. The smallest absolute Gasteiger partial charge is 0.289 e. The second kappa shape index (κ2) is 9.03. The fraction of sp³-hybridized carbons (Fsp3) is 0.348. The molecule has 1 unspecified atom stereocenters. The molecule has 0 saturated carbocycles. The summed E-state index contributed by atoms with van der Waals surface area (Å²) in [4.78, 5) is 15.2. The van der Waals surface area contributed by atoms with Gasteiger partial charge in [-0.25, -0.2) is 0 Å². The van der Waals surface area contributed by atoms with Crippen molar-refractivity contribution in [2.24, 2.45) is 0 Å². The lowest BCUT2D eigenvalue weighted by atomic mass is 10.2. The molecule has 1 saturated heterocycles. The highest BCUT2D eigenvalue weighted by molar-refractivity contribution is 7.89. The fourth-order valence-corrected chi connectivity index (χ4v) is 5.01. The van der Waals surface area contributed by atoms with Crippen LogP contribution < -0.4 is 0 Å². The van der Waals surface area contributed by atoms with E-state index in [-0.39, 0.29) is 5.91 Å². The molecule has 1 atom stereocenters. The predicted octanol–water partition coefficient (Wildman–Crippen LogP) is 4.60. The van der Waals surface area contributed by atoms with Crippen molar-refractivity contribution in [1.29, 1.82) is 0 Å². The van der Waals surface area contributed by atoms with Crippen LogP contribution in [0.2, 0.25) is 0 Å². The van der Waals surface area contributed by atoms with Crippen molar-refractivity contribution in [3.05, 3.63) is 65.9 Å². The quantitative estimate of drug-likeness (QED) is 0.577. The van der Waals surface area contributed by atoms with Gasteiger partial charge in [0, 0.05) is 38.1 Å². The van der Waals surface area contributed by atoms with Crippen LogP contribution in [0.3, 0.4) is 0 Å². The number of carbonyl (C=O) groups is 1. The van der Waals surface area contributed by atoms with Gasteiger partial charge in [-0.05, 0) is 36.6 Å². The minimum absolute atomic E-state index is 0.166. The van der Waals surface area contributed by atoms with Gasteiger partial charge in [0.2, 0.25) is 0 Å². The molecule has 0 aliphatic carbocycles. The summed E-state index contributed by atoms with van der Waals surface area (Å²) in [5, 5.41) is 0.808. The predicted molar refractivity (Wildman–Crippen MR) is 115 cm³/mol. The summed E-state index contributed by atoms with van der Waals surface area (Å²) < 4.78 is 20.8. The molecule has 4 rings (SSSR count). The summed E-state index contributed by atoms with van der Waals surface area (Å²) in [5.41, 5.74) is 1.70. The Morgan fingerprint density at radius 3 is 2.52 bits per heavy atom. The summed E-state index contributed by atoms with van der Waals surface area (Å²) in [6, 6.07) is 17.2. The zero-order chi connectivity index (χ0) is 20.2. The molecule has 1 aromatic heterocycles. The van der Waals surface area contributed by atoms with Gasteiger partial charge in [-0.3, -0.25) is 4.79 Å². The number of amides is 1. The summed E-state index contributed by atoms with van der Waals surface area (Å²) in [6.45, 7) is 2.25. The number of carbonyl (C=O) groups excluding carboxylic acids is 1. The molecule has 5 nitrogen and oxygen atoms in total. The van der Waals surface area contributed by atoms with Crippen molar-refractivity contribution >= 4 is 28.2 Å². The van der Waals surface area contributed by atoms with Gasteiger partial charge in [0.25, 0.3) is 5.91 Å². The highest BCUT2D eigenvalue weighted by atomic mass is 32.2. The Morgan fingerprint density at radius 1 is 1.07 bits per heavy atom. The van der Waals surface area contributed by atoms with Crippen LogP contribution in [0.1, 0.15) is 41.8 Å². The van der Waals surface area contributed by atoms with E-state index in [4.69, 9.17) is 4.42 Å². The lowest BCUT2D eigenvalue weighted by Crippen LogP contribution is -2.31. The van der Waals surface area contributed by atoms with Crippen molar-refractivity contribution in [2.45, 2.75) is 37.1 Å². The molecule has 152 valence electrons. The highest BCUT2D eigenvalue weighted by Gasteiger charge is 2.25. The zero-order valence-corrected chi connectivity index (χ0v) is 17.5. The fourth-order valence-electron chi connectivity index (χ4n) is 3.71. The summed E-state index contributed by atoms with van der Waals surface area (Å²) in [6.07, 6.45) is 4.59. The van der Waals surface area contributed by atoms with Crippen molar-refractivity contribution < 1.29 is 13.8 Å². The third-order valence-electron chi connectivity index (χ3n) is 5.31. The second-order valence-corrected chi connectivity index (χ2v) is 9.04. The Hall–Kier alpha value is -2.28. The van der Waals surface area contributed by atoms with Crippen LogP contribution in [-0.4, -0.2) is 39.8 Å². The molecule has 3 aromatic rings. The first kappa shape index (κ1) is 20.0. The first-order valence-corrected chi connectivity index (χ1v) is 11.2. The van der Waals surface area contributed by atoms with Crippen LogP contribution in [0.25, 0.3) is 11.0 Å². The van der Waals surface area contributed by atoms with E-state index in [2.05, 4.69) is 0 Å². The Bertz CT molecular complexity index is 965. The van der Waals surface area contributed by atoms with Crippen LogP contribution in [0.5, 0.6) is 0 Å². The maximum atomic E-state index is 13.0. The normalized spacial score (nSPS) is 16.5. The molecule has 1 aliphatic rings. The van der Waals surface area contributed by atoms with E-state index in [1.165, 1.54) is 12.8 Å². The van der Waals surface area contributed by atoms with Crippen LogP contribution in [0.4, 0.5) is 0 Å². The molecular formula is C23H26N2O3S. The largest absolute Gasteiger partial charge is 0.593 e. The molecule has 0 N–H and O–H groups in total. The molecule has 1 amide bonds. The number of hydrogen-bond acceptors (Lipinski definition) is 4. The lowest BCUT2D eigenvalue weighted by molar-refractivity contribution is 0.0756. The monoisotopic (exact) mass is 410 g/mol. The van der Waals surface area contributed by atoms with Crippen molar-refractivity contribution in [3.63, 3.8) is 0 Å². The molecule has 2 aromatic carbocycles. The molecule has 0 radical (unpaired) electrons. The van der Waals surface area contributed by atoms with Gasteiger partial charge in [-0.1, -0.05) is 43.2 Å². The van der Waals surface area contributed by atoms with Crippen molar-refractivity contribution in [1.82, 2.24) is 9.21 Å². The van der Waals surface area contributed by atoms with E-state index in [1.54, 1.807) is 18.0 Å². The Morgan fingerprint density at radius 2 is 1.79 bits per heavy atom. The summed E-state index contributed by atoms with van der Waals surface area (Å²) >= 11 is -1.18. The topological polar surface area (TPSA) is 59.8 Å². The number of hydrogen-bond donors (Lipinski definition) is 0. The highest BCUT2D eigenvalue weighted by Crippen LogP contribution is 2.27. The van der Waals surface area contributed by atoms with Crippen LogP contribution in [0.15, 0.2) is 63.9 Å². The molecule has 0 spiro atoms. The second-order valence-electron chi connectivity index (χ2n) is 7.55. The Labute approximate surface area is 174 Å². The minimum Gasteiger partial charge on any atom is -0.593 e. The molecule has 0 bridgehead atoms. The number of nitrogens with zero attached hydrogens (tertiary/aromatic N) is 2. The van der Waals surface area contributed by atoms with E-state index in [0.717, 1.165) is 41.8 Å². The first-order chi connectivity index (χ1) is 14.1. The number of rotatable bonds is 5. The van der Waals surface area contributed by atoms with E-state index >= 15 is 0 Å². The van der Waals surface area contributed by atoms with Gasteiger partial charge in [-0.2, -0.15) is 0 Å². The third kappa shape index (κ3) is 4.66. The maximum Gasteiger partial charge on any atom is 0.289 e.